The van der Waals surface area contributed by atoms with Gasteiger partial charge in [-0.05, 0) is 14.1 Å². The maximum atomic E-state index is 10.1. The van der Waals surface area contributed by atoms with Crippen molar-refractivity contribution < 1.29 is 4.79 Å². The predicted molar refractivity (Wildman–Crippen MR) is 35.8 cm³/mol. The third kappa shape index (κ3) is 3.93. The number of hydrogen-bond donors (Lipinski definition) is 2. The van der Waals surface area contributed by atoms with Crippen molar-refractivity contribution in [2.24, 2.45) is 0 Å². The van der Waals surface area contributed by atoms with Crippen molar-refractivity contribution in [2.45, 2.75) is 0 Å². The minimum absolute atomic E-state index is 0.588. The molecule has 0 saturated carbocycles. The molecule has 0 aliphatic rings. The summed E-state index contributed by atoms with van der Waals surface area (Å²) in [5.74, 6) is 0. The van der Waals surface area contributed by atoms with Gasteiger partial charge < -0.3 is 15.5 Å². The molecule has 2 N–H and O–H groups in total. The topological polar surface area (TPSA) is 44.4 Å². The number of carbonyl (C=O) groups excluding carboxylic acids is 1. The first-order chi connectivity index (χ1) is 4.35. The standard InChI is InChI=1S/C5H13N3O/c1-6-3-8(5-9)4-7-2/h5-7H,3-4H2,1-2H3. The Labute approximate surface area is 55.2 Å². The van der Waals surface area contributed by atoms with Crippen LogP contribution in [0.5, 0.6) is 0 Å². The molecule has 0 aromatic carbocycles. The van der Waals surface area contributed by atoms with Gasteiger partial charge in [0.05, 0.1) is 13.3 Å². The molecular weight excluding hydrogens is 118 g/mol. The lowest BCUT2D eigenvalue weighted by Gasteiger charge is -2.14. The number of rotatable bonds is 5. The third-order valence-electron chi connectivity index (χ3n) is 0.871. The van der Waals surface area contributed by atoms with Gasteiger partial charge in [0, 0.05) is 0 Å². The SMILES string of the molecule is CNCN(C=O)CNC. The summed E-state index contributed by atoms with van der Waals surface area (Å²) in [4.78, 5) is 11.7. The van der Waals surface area contributed by atoms with E-state index in [2.05, 4.69) is 10.6 Å². The van der Waals surface area contributed by atoms with Crippen LogP contribution >= 0.6 is 0 Å². The van der Waals surface area contributed by atoms with Gasteiger partial charge in [-0.25, -0.2) is 0 Å². The summed E-state index contributed by atoms with van der Waals surface area (Å²) >= 11 is 0. The van der Waals surface area contributed by atoms with E-state index in [1.165, 1.54) is 0 Å². The summed E-state index contributed by atoms with van der Waals surface area (Å²) < 4.78 is 0. The highest BCUT2D eigenvalue weighted by Crippen LogP contribution is 1.71. The average molecular weight is 131 g/mol. The molecular formula is C5H13N3O. The maximum absolute atomic E-state index is 10.1. The van der Waals surface area contributed by atoms with Crippen LogP contribution in [0.2, 0.25) is 0 Å². The quantitative estimate of drug-likeness (QED) is 0.364. The third-order valence-corrected chi connectivity index (χ3v) is 0.871. The molecule has 0 bridgehead atoms. The molecule has 0 saturated heterocycles. The smallest absolute Gasteiger partial charge is 0.211 e. The van der Waals surface area contributed by atoms with Crippen molar-refractivity contribution in [3.8, 4) is 0 Å². The minimum atomic E-state index is 0.588. The van der Waals surface area contributed by atoms with Gasteiger partial charge in [0.25, 0.3) is 0 Å². The molecule has 0 aliphatic carbocycles. The second kappa shape index (κ2) is 5.53. The molecule has 4 heteroatoms. The van der Waals surface area contributed by atoms with Crippen molar-refractivity contribution in [3.63, 3.8) is 0 Å². The van der Waals surface area contributed by atoms with Crippen LogP contribution < -0.4 is 10.6 Å². The van der Waals surface area contributed by atoms with Gasteiger partial charge in [-0.1, -0.05) is 0 Å². The van der Waals surface area contributed by atoms with Gasteiger partial charge in [0.2, 0.25) is 6.41 Å². The fourth-order valence-corrected chi connectivity index (χ4v) is 0.537. The molecule has 0 rings (SSSR count). The Morgan fingerprint density at radius 3 is 2.00 bits per heavy atom. The van der Waals surface area contributed by atoms with Crippen LogP contribution in [0.25, 0.3) is 0 Å². The second-order valence-corrected chi connectivity index (χ2v) is 1.72. The molecule has 0 radical (unpaired) electrons. The average Bonchev–Trinajstić information content (AvgIpc) is 1.88. The number of amides is 1. The first kappa shape index (κ1) is 8.39. The molecule has 9 heavy (non-hydrogen) atoms. The van der Waals surface area contributed by atoms with Crippen molar-refractivity contribution >= 4 is 6.41 Å². The van der Waals surface area contributed by atoms with Gasteiger partial charge in [-0.2, -0.15) is 0 Å². The Morgan fingerprint density at radius 1 is 1.33 bits per heavy atom. The summed E-state index contributed by atoms with van der Waals surface area (Å²) in [7, 11) is 3.60. The number of carbonyl (C=O) groups is 1. The summed E-state index contributed by atoms with van der Waals surface area (Å²) in [5, 5.41) is 5.72. The molecule has 0 heterocycles. The fourth-order valence-electron chi connectivity index (χ4n) is 0.537. The number of hydrogen-bond acceptors (Lipinski definition) is 3. The molecule has 4 nitrogen and oxygen atoms in total. The van der Waals surface area contributed by atoms with E-state index in [9.17, 15) is 4.79 Å². The largest absolute Gasteiger partial charge is 0.320 e. The summed E-state index contributed by atoms with van der Waals surface area (Å²) in [6.07, 6.45) is 0.799. The monoisotopic (exact) mass is 131 g/mol. The van der Waals surface area contributed by atoms with E-state index in [0.29, 0.717) is 13.3 Å². The van der Waals surface area contributed by atoms with Gasteiger partial charge in [0.1, 0.15) is 0 Å². The lowest BCUT2D eigenvalue weighted by molar-refractivity contribution is -0.118. The van der Waals surface area contributed by atoms with Crippen LogP contribution in [0.15, 0.2) is 0 Å². The highest BCUT2D eigenvalue weighted by atomic mass is 16.1. The second-order valence-electron chi connectivity index (χ2n) is 1.72. The zero-order valence-corrected chi connectivity index (χ0v) is 5.85. The van der Waals surface area contributed by atoms with E-state index in [1.54, 1.807) is 19.0 Å². The lowest BCUT2D eigenvalue weighted by atomic mass is 10.8. The van der Waals surface area contributed by atoms with Crippen molar-refractivity contribution in [1.29, 1.82) is 0 Å². The molecule has 1 amide bonds. The normalized spacial score (nSPS) is 9.11. The predicted octanol–water partition coefficient (Wildman–Crippen LogP) is -1.20. The molecule has 54 valence electrons. The lowest BCUT2D eigenvalue weighted by Crippen LogP contribution is -2.36. The van der Waals surface area contributed by atoms with Crippen LogP contribution in [-0.2, 0) is 4.79 Å². The minimum Gasteiger partial charge on any atom is -0.320 e. The molecule has 0 unspecified atom stereocenters. The van der Waals surface area contributed by atoms with Gasteiger partial charge in [-0.15, -0.1) is 0 Å². The van der Waals surface area contributed by atoms with E-state index >= 15 is 0 Å². The van der Waals surface area contributed by atoms with E-state index < -0.39 is 0 Å². The van der Waals surface area contributed by atoms with Crippen LogP contribution in [0.4, 0.5) is 0 Å². The van der Waals surface area contributed by atoms with Crippen molar-refractivity contribution in [3.05, 3.63) is 0 Å². The molecule has 0 atom stereocenters. The van der Waals surface area contributed by atoms with Crippen LogP contribution in [0, 0.1) is 0 Å². The van der Waals surface area contributed by atoms with E-state index in [-0.39, 0.29) is 0 Å². The Hall–Kier alpha value is -0.610. The molecule has 0 spiro atoms. The van der Waals surface area contributed by atoms with Gasteiger partial charge in [0.15, 0.2) is 0 Å². The first-order valence-corrected chi connectivity index (χ1v) is 2.83. The Bertz CT molecular complexity index is 70.6. The highest BCUT2D eigenvalue weighted by molar-refractivity contribution is 5.46. The van der Waals surface area contributed by atoms with Gasteiger partial charge in [-0.3, -0.25) is 4.79 Å². The molecule has 0 aliphatic heterocycles. The molecule has 0 aromatic rings. The Balaban J connectivity index is 3.29. The van der Waals surface area contributed by atoms with Gasteiger partial charge >= 0.3 is 0 Å². The highest BCUT2D eigenvalue weighted by Gasteiger charge is 1.93. The number of nitrogens with zero attached hydrogens (tertiary/aromatic N) is 1. The molecule has 0 aromatic heterocycles. The van der Waals surface area contributed by atoms with Crippen LogP contribution in [0.1, 0.15) is 0 Å². The van der Waals surface area contributed by atoms with E-state index in [1.807, 2.05) is 0 Å². The Kier molecular flexibility index (Phi) is 5.15. The summed E-state index contributed by atoms with van der Waals surface area (Å²) in [6, 6.07) is 0. The summed E-state index contributed by atoms with van der Waals surface area (Å²) in [5.41, 5.74) is 0. The summed E-state index contributed by atoms with van der Waals surface area (Å²) in [6.45, 7) is 1.18. The maximum Gasteiger partial charge on any atom is 0.211 e. The Morgan fingerprint density at radius 2 is 1.78 bits per heavy atom. The zero-order chi connectivity index (χ0) is 7.11. The van der Waals surface area contributed by atoms with Crippen molar-refractivity contribution in [2.75, 3.05) is 27.4 Å². The van der Waals surface area contributed by atoms with Crippen molar-refractivity contribution in [1.82, 2.24) is 15.5 Å². The van der Waals surface area contributed by atoms with Crippen LogP contribution in [-0.4, -0.2) is 38.7 Å². The first-order valence-electron chi connectivity index (χ1n) is 2.83. The van der Waals surface area contributed by atoms with E-state index in [0.717, 1.165) is 6.41 Å². The number of nitrogens with one attached hydrogen (secondary N) is 2. The fraction of sp³-hybridized carbons (Fsp3) is 0.800. The zero-order valence-electron chi connectivity index (χ0n) is 5.85. The van der Waals surface area contributed by atoms with Crippen LogP contribution in [0.3, 0.4) is 0 Å². The molecule has 0 fully saturated rings. The van der Waals surface area contributed by atoms with E-state index in [4.69, 9.17) is 0 Å².